The molecule has 0 saturated heterocycles. The molecule has 0 unspecified atom stereocenters. The lowest BCUT2D eigenvalue weighted by Gasteiger charge is -2.06. The minimum Gasteiger partial charge on any atom is -0.479 e. The highest BCUT2D eigenvalue weighted by molar-refractivity contribution is 5.71. The molecule has 11 heavy (non-hydrogen) atoms. The average molecular weight is 158 g/mol. The van der Waals surface area contributed by atoms with Crippen LogP contribution >= 0.6 is 0 Å². The van der Waals surface area contributed by atoms with E-state index < -0.39 is 12.1 Å². The van der Waals surface area contributed by atoms with E-state index in [1.165, 1.54) is 12.8 Å². The van der Waals surface area contributed by atoms with Crippen molar-refractivity contribution in [3.8, 4) is 0 Å². The largest absolute Gasteiger partial charge is 0.479 e. The molecule has 0 bridgehead atoms. The summed E-state index contributed by atoms with van der Waals surface area (Å²) in [4.78, 5) is 10.3. The molecule has 0 aromatic rings. The van der Waals surface area contributed by atoms with Crippen molar-refractivity contribution in [2.75, 3.05) is 6.61 Å². The van der Waals surface area contributed by atoms with Crippen molar-refractivity contribution in [1.29, 1.82) is 0 Å². The first-order chi connectivity index (χ1) is 5.20. The van der Waals surface area contributed by atoms with Crippen molar-refractivity contribution in [3.05, 3.63) is 0 Å². The Morgan fingerprint density at radius 2 is 2.36 bits per heavy atom. The summed E-state index contributed by atoms with van der Waals surface area (Å²) >= 11 is 0. The number of hydrogen-bond acceptors (Lipinski definition) is 2. The van der Waals surface area contributed by atoms with Gasteiger partial charge in [-0.15, -0.1) is 0 Å². The first-order valence-electron chi connectivity index (χ1n) is 4.04. The van der Waals surface area contributed by atoms with Crippen LogP contribution in [0.5, 0.6) is 0 Å². The molecular formula is C8H14O3. The Morgan fingerprint density at radius 1 is 1.73 bits per heavy atom. The Morgan fingerprint density at radius 3 is 2.82 bits per heavy atom. The molecule has 0 aliphatic heterocycles. The smallest absolute Gasteiger partial charge is 0.332 e. The summed E-state index contributed by atoms with van der Waals surface area (Å²) in [6.07, 6.45) is 2.97. The maximum absolute atomic E-state index is 10.3. The molecule has 1 fully saturated rings. The van der Waals surface area contributed by atoms with E-state index in [4.69, 9.17) is 9.84 Å². The fourth-order valence-electron chi connectivity index (χ4n) is 0.889. The summed E-state index contributed by atoms with van der Waals surface area (Å²) in [7, 11) is 0. The molecule has 64 valence electrons. The summed E-state index contributed by atoms with van der Waals surface area (Å²) in [6.45, 7) is 2.16. The van der Waals surface area contributed by atoms with E-state index in [9.17, 15) is 4.79 Å². The second-order valence-electron chi connectivity index (χ2n) is 3.08. The maximum Gasteiger partial charge on any atom is 0.332 e. The molecule has 0 spiro atoms. The summed E-state index contributed by atoms with van der Waals surface area (Å²) in [5.41, 5.74) is 0. The zero-order valence-electron chi connectivity index (χ0n) is 6.75. The predicted octanol–water partition coefficient (Wildman–Crippen LogP) is 1.28. The third-order valence-corrected chi connectivity index (χ3v) is 1.94. The Balaban J connectivity index is 1.96. The first-order valence-corrected chi connectivity index (χ1v) is 4.04. The van der Waals surface area contributed by atoms with Gasteiger partial charge in [0.15, 0.2) is 6.10 Å². The molecule has 1 N–H and O–H groups in total. The van der Waals surface area contributed by atoms with Gasteiger partial charge in [0.1, 0.15) is 0 Å². The van der Waals surface area contributed by atoms with Crippen molar-refractivity contribution in [1.82, 2.24) is 0 Å². The van der Waals surface area contributed by atoms with E-state index in [1.807, 2.05) is 0 Å². The molecule has 0 aromatic heterocycles. The molecule has 3 heteroatoms. The highest BCUT2D eigenvalue weighted by Gasteiger charge is 2.21. The van der Waals surface area contributed by atoms with Gasteiger partial charge in [0, 0.05) is 6.61 Å². The number of ether oxygens (including phenoxy) is 1. The quantitative estimate of drug-likeness (QED) is 0.655. The van der Waals surface area contributed by atoms with Crippen LogP contribution in [0.15, 0.2) is 0 Å². The molecule has 0 amide bonds. The standard InChI is InChI=1S/C8H14O3/c1-6(8(9)10)11-5-4-7-2-3-7/h6-7H,2-5H2,1H3,(H,9,10)/t6-/m0/s1. The van der Waals surface area contributed by atoms with Crippen molar-refractivity contribution in [3.63, 3.8) is 0 Å². The summed E-state index contributed by atoms with van der Waals surface area (Å²) < 4.78 is 5.05. The number of carboxylic acids is 1. The van der Waals surface area contributed by atoms with Crippen LogP contribution in [0.2, 0.25) is 0 Å². The molecule has 1 aliphatic rings. The van der Waals surface area contributed by atoms with Crippen LogP contribution in [-0.4, -0.2) is 23.8 Å². The van der Waals surface area contributed by atoms with Gasteiger partial charge in [0.05, 0.1) is 0 Å². The van der Waals surface area contributed by atoms with Crippen LogP contribution < -0.4 is 0 Å². The average Bonchev–Trinajstić information content (AvgIpc) is 2.71. The lowest BCUT2D eigenvalue weighted by molar-refractivity contribution is -0.149. The molecule has 0 radical (unpaired) electrons. The first kappa shape index (κ1) is 8.53. The topological polar surface area (TPSA) is 46.5 Å². The van der Waals surface area contributed by atoms with Crippen molar-refractivity contribution in [2.45, 2.75) is 32.3 Å². The summed E-state index contributed by atoms with van der Waals surface area (Å²) in [5.74, 6) is -0.0585. The third kappa shape index (κ3) is 3.37. The number of carbonyl (C=O) groups is 1. The van der Waals surface area contributed by atoms with E-state index in [-0.39, 0.29) is 0 Å². The van der Waals surface area contributed by atoms with Gasteiger partial charge in [-0.05, 0) is 19.3 Å². The lowest BCUT2D eigenvalue weighted by atomic mass is 10.3. The SMILES string of the molecule is C[C@H](OCCC1CC1)C(=O)O. The van der Waals surface area contributed by atoms with Crippen LogP contribution in [0.1, 0.15) is 26.2 Å². The van der Waals surface area contributed by atoms with Gasteiger partial charge in [-0.3, -0.25) is 0 Å². The number of aliphatic carboxylic acids is 1. The molecular weight excluding hydrogens is 144 g/mol. The lowest BCUT2D eigenvalue weighted by Crippen LogP contribution is -2.20. The van der Waals surface area contributed by atoms with E-state index in [2.05, 4.69) is 0 Å². The predicted molar refractivity (Wildman–Crippen MR) is 40.4 cm³/mol. The fourth-order valence-corrected chi connectivity index (χ4v) is 0.889. The van der Waals surface area contributed by atoms with Crippen molar-refractivity contribution >= 4 is 5.97 Å². The fraction of sp³-hybridized carbons (Fsp3) is 0.875. The van der Waals surface area contributed by atoms with Gasteiger partial charge < -0.3 is 9.84 Å². The van der Waals surface area contributed by atoms with Crippen LogP contribution in [0.4, 0.5) is 0 Å². The highest BCUT2D eigenvalue weighted by Crippen LogP contribution is 2.32. The molecule has 1 rings (SSSR count). The highest BCUT2D eigenvalue weighted by atomic mass is 16.5. The van der Waals surface area contributed by atoms with Crippen molar-refractivity contribution in [2.24, 2.45) is 5.92 Å². The normalized spacial score (nSPS) is 19.7. The Bertz CT molecular complexity index is 140. The van der Waals surface area contributed by atoms with Crippen LogP contribution in [0.3, 0.4) is 0 Å². The van der Waals surface area contributed by atoms with Gasteiger partial charge in [-0.1, -0.05) is 12.8 Å². The number of carboxylic acid groups (broad SMARTS) is 1. The second kappa shape index (κ2) is 3.72. The Hall–Kier alpha value is -0.570. The number of rotatable bonds is 5. The van der Waals surface area contributed by atoms with E-state index >= 15 is 0 Å². The van der Waals surface area contributed by atoms with Gasteiger partial charge in [-0.2, -0.15) is 0 Å². The monoisotopic (exact) mass is 158 g/mol. The molecule has 0 aromatic carbocycles. The minimum atomic E-state index is -0.874. The molecule has 0 heterocycles. The van der Waals surface area contributed by atoms with Gasteiger partial charge in [-0.25, -0.2) is 4.79 Å². The Kier molecular flexibility index (Phi) is 2.88. The van der Waals surface area contributed by atoms with Gasteiger partial charge >= 0.3 is 5.97 Å². The molecule has 1 saturated carbocycles. The van der Waals surface area contributed by atoms with Crippen molar-refractivity contribution < 1.29 is 14.6 Å². The maximum atomic E-state index is 10.3. The number of hydrogen-bond donors (Lipinski definition) is 1. The third-order valence-electron chi connectivity index (χ3n) is 1.94. The zero-order valence-corrected chi connectivity index (χ0v) is 6.75. The summed E-state index contributed by atoms with van der Waals surface area (Å²) in [6, 6.07) is 0. The molecule has 1 aliphatic carbocycles. The van der Waals surface area contributed by atoms with E-state index in [1.54, 1.807) is 6.92 Å². The van der Waals surface area contributed by atoms with Crippen LogP contribution in [0, 0.1) is 5.92 Å². The Labute approximate surface area is 66.4 Å². The van der Waals surface area contributed by atoms with E-state index in [0.29, 0.717) is 6.61 Å². The second-order valence-corrected chi connectivity index (χ2v) is 3.08. The molecule has 3 nitrogen and oxygen atoms in total. The zero-order chi connectivity index (χ0) is 8.27. The van der Waals surface area contributed by atoms with Crippen LogP contribution in [0.25, 0.3) is 0 Å². The van der Waals surface area contributed by atoms with Gasteiger partial charge in [0.2, 0.25) is 0 Å². The molecule has 1 atom stereocenters. The van der Waals surface area contributed by atoms with E-state index in [0.717, 1.165) is 12.3 Å². The van der Waals surface area contributed by atoms with Crippen LogP contribution in [-0.2, 0) is 9.53 Å². The van der Waals surface area contributed by atoms with Gasteiger partial charge in [0.25, 0.3) is 0 Å². The summed E-state index contributed by atoms with van der Waals surface area (Å²) in [5, 5.41) is 8.44. The minimum absolute atomic E-state index is 0.595.